The lowest BCUT2D eigenvalue weighted by Gasteiger charge is -2.27. The molecule has 0 saturated heterocycles. The standard InChI is InChI=1S/C13H20FNO5S/c1-5-13(2,8-16)15-21(17,18)12-7-11(20-4)10(19-3)6-9(12)14/h6-7,15-16H,5,8H2,1-4H3. The van der Waals surface area contributed by atoms with Gasteiger partial charge in [0.2, 0.25) is 10.0 Å². The molecule has 0 aromatic heterocycles. The van der Waals surface area contributed by atoms with Crippen LogP contribution in [0.3, 0.4) is 0 Å². The molecule has 0 saturated carbocycles. The first-order chi connectivity index (χ1) is 9.72. The third-order valence-corrected chi connectivity index (χ3v) is 4.89. The average molecular weight is 321 g/mol. The van der Waals surface area contributed by atoms with Crippen LogP contribution in [0, 0.1) is 5.82 Å². The molecule has 0 amide bonds. The monoisotopic (exact) mass is 321 g/mol. The van der Waals surface area contributed by atoms with Crippen molar-refractivity contribution in [1.29, 1.82) is 0 Å². The van der Waals surface area contributed by atoms with Crippen LogP contribution in [0.25, 0.3) is 0 Å². The van der Waals surface area contributed by atoms with Gasteiger partial charge < -0.3 is 14.6 Å². The molecule has 21 heavy (non-hydrogen) atoms. The van der Waals surface area contributed by atoms with Crippen molar-refractivity contribution < 1.29 is 27.4 Å². The van der Waals surface area contributed by atoms with E-state index in [9.17, 15) is 17.9 Å². The molecular formula is C13H20FNO5S. The summed E-state index contributed by atoms with van der Waals surface area (Å²) in [4.78, 5) is -0.562. The number of benzene rings is 1. The van der Waals surface area contributed by atoms with Crippen molar-refractivity contribution in [3.8, 4) is 11.5 Å². The van der Waals surface area contributed by atoms with Crippen LogP contribution in [0.4, 0.5) is 4.39 Å². The Balaban J connectivity index is 3.32. The lowest BCUT2D eigenvalue weighted by atomic mass is 10.0. The van der Waals surface area contributed by atoms with Gasteiger partial charge in [-0.1, -0.05) is 6.92 Å². The number of aliphatic hydroxyl groups excluding tert-OH is 1. The first-order valence-electron chi connectivity index (χ1n) is 6.29. The lowest BCUT2D eigenvalue weighted by Crippen LogP contribution is -2.48. The van der Waals surface area contributed by atoms with E-state index in [1.807, 2.05) is 0 Å². The van der Waals surface area contributed by atoms with Gasteiger partial charge in [0.1, 0.15) is 10.7 Å². The molecule has 0 spiro atoms. The van der Waals surface area contributed by atoms with E-state index in [1.165, 1.54) is 21.1 Å². The highest BCUT2D eigenvalue weighted by Crippen LogP contribution is 2.32. The summed E-state index contributed by atoms with van der Waals surface area (Å²) in [6.07, 6.45) is 0.345. The van der Waals surface area contributed by atoms with Crippen LogP contribution in [0.1, 0.15) is 20.3 Å². The summed E-state index contributed by atoms with van der Waals surface area (Å²) >= 11 is 0. The van der Waals surface area contributed by atoms with Gasteiger partial charge in [0.25, 0.3) is 0 Å². The van der Waals surface area contributed by atoms with Crippen LogP contribution < -0.4 is 14.2 Å². The number of ether oxygens (including phenoxy) is 2. The van der Waals surface area contributed by atoms with Crippen molar-refractivity contribution in [3.05, 3.63) is 17.9 Å². The predicted octanol–water partition coefficient (Wildman–Crippen LogP) is 1.28. The minimum Gasteiger partial charge on any atom is -0.493 e. The Morgan fingerprint density at radius 2 is 1.81 bits per heavy atom. The van der Waals surface area contributed by atoms with Gasteiger partial charge in [-0.25, -0.2) is 17.5 Å². The molecule has 0 aliphatic heterocycles. The normalized spacial score (nSPS) is 14.6. The highest BCUT2D eigenvalue weighted by molar-refractivity contribution is 7.89. The molecule has 8 heteroatoms. The fourth-order valence-corrected chi connectivity index (χ4v) is 3.18. The number of halogens is 1. The SMILES string of the molecule is CCC(C)(CO)NS(=O)(=O)c1cc(OC)c(OC)cc1F. The second-order valence-electron chi connectivity index (χ2n) is 4.82. The van der Waals surface area contributed by atoms with Crippen LogP contribution in [-0.2, 0) is 10.0 Å². The molecule has 0 heterocycles. The van der Waals surface area contributed by atoms with Crippen LogP contribution in [0.5, 0.6) is 11.5 Å². The number of aliphatic hydroxyl groups is 1. The molecule has 1 aromatic carbocycles. The maximum Gasteiger partial charge on any atom is 0.244 e. The fraction of sp³-hybridized carbons (Fsp3) is 0.538. The summed E-state index contributed by atoms with van der Waals surface area (Å²) in [5.41, 5.74) is -1.07. The van der Waals surface area contributed by atoms with Crippen LogP contribution in [-0.4, -0.2) is 39.9 Å². The number of hydrogen-bond donors (Lipinski definition) is 2. The second kappa shape index (κ2) is 6.59. The molecule has 1 atom stereocenters. The quantitative estimate of drug-likeness (QED) is 0.790. The zero-order valence-corrected chi connectivity index (χ0v) is 13.3. The van der Waals surface area contributed by atoms with E-state index in [0.717, 1.165) is 12.1 Å². The van der Waals surface area contributed by atoms with Gasteiger partial charge in [-0.3, -0.25) is 0 Å². The van der Waals surface area contributed by atoms with E-state index >= 15 is 0 Å². The van der Waals surface area contributed by atoms with Gasteiger partial charge in [-0.15, -0.1) is 0 Å². The molecular weight excluding hydrogens is 301 g/mol. The number of methoxy groups -OCH3 is 2. The van der Waals surface area contributed by atoms with Gasteiger partial charge in [0, 0.05) is 12.1 Å². The number of hydrogen-bond acceptors (Lipinski definition) is 5. The summed E-state index contributed by atoms with van der Waals surface area (Å²) in [6, 6.07) is 1.99. The molecule has 6 nitrogen and oxygen atoms in total. The van der Waals surface area contributed by atoms with Crippen molar-refractivity contribution in [2.45, 2.75) is 30.7 Å². The van der Waals surface area contributed by atoms with Gasteiger partial charge in [-0.2, -0.15) is 0 Å². The van der Waals surface area contributed by atoms with Crippen molar-refractivity contribution >= 4 is 10.0 Å². The largest absolute Gasteiger partial charge is 0.493 e. The lowest BCUT2D eigenvalue weighted by molar-refractivity contribution is 0.191. The van der Waals surface area contributed by atoms with E-state index in [-0.39, 0.29) is 11.5 Å². The van der Waals surface area contributed by atoms with Crippen LogP contribution in [0.2, 0.25) is 0 Å². The van der Waals surface area contributed by atoms with Gasteiger partial charge >= 0.3 is 0 Å². The van der Waals surface area contributed by atoms with Crippen LogP contribution >= 0.6 is 0 Å². The van der Waals surface area contributed by atoms with Gasteiger partial charge in [0.05, 0.1) is 26.4 Å². The number of sulfonamides is 1. The average Bonchev–Trinajstić information content (AvgIpc) is 2.45. The van der Waals surface area contributed by atoms with Gasteiger partial charge in [0.15, 0.2) is 11.5 Å². The number of nitrogens with one attached hydrogen (secondary N) is 1. The summed E-state index contributed by atoms with van der Waals surface area (Å²) in [5.74, 6) is -0.771. The maximum absolute atomic E-state index is 14.0. The Labute approximate surface area is 123 Å². The Morgan fingerprint density at radius 3 is 2.24 bits per heavy atom. The zero-order chi connectivity index (χ0) is 16.3. The van der Waals surface area contributed by atoms with Crippen molar-refractivity contribution in [2.24, 2.45) is 0 Å². The van der Waals surface area contributed by atoms with Crippen molar-refractivity contribution in [2.75, 3.05) is 20.8 Å². The maximum atomic E-state index is 14.0. The highest BCUT2D eigenvalue weighted by Gasteiger charge is 2.31. The number of rotatable bonds is 7. The van der Waals surface area contributed by atoms with E-state index in [2.05, 4.69) is 4.72 Å². The Kier molecular flexibility index (Phi) is 5.54. The zero-order valence-electron chi connectivity index (χ0n) is 12.4. The molecule has 0 aliphatic carbocycles. The molecule has 0 radical (unpaired) electrons. The van der Waals surface area contributed by atoms with Gasteiger partial charge in [-0.05, 0) is 13.3 Å². The molecule has 1 unspecified atom stereocenters. The summed E-state index contributed by atoms with van der Waals surface area (Å²) < 4.78 is 50.8. The third-order valence-electron chi connectivity index (χ3n) is 3.24. The molecule has 2 N–H and O–H groups in total. The van der Waals surface area contributed by atoms with E-state index in [4.69, 9.17) is 9.47 Å². The Morgan fingerprint density at radius 1 is 1.29 bits per heavy atom. The van der Waals surface area contributed by atoms with Crippen molar-refractivity contribution in [3.63, 3.8) is 0 Å². The summed E-state index contributed by atoms with van der Waals surface area (Å²) in [5, 5.41) is 9.28. The minimum atomic E-state index is -4.15. The molecule has 0 fully saturated rings. The first-order valence-corrected chi connectivity index (χ1v) is 7.77. The first kappa shape index (κ1) is 17.7. The van der Waals surface area contributed by atoms with E-state index < -0.39 is 32.9 Å². The van der Waals surface area contributed by atoms with E-state index in [1.54, 1.807) is 6.92 Å². The van der Waals surface area contributed by atoms with E-state index in [0.29, 0.717) is 6.42 Å². The Bertz CT molecular complexity index is 599. The molecule has 0 bridgehead atoms. The smallest absolute Gasteiger partial charge is 0.244 e. The summed E-state index contributed by atoms with van der Waals surface area (Å²) in [6.45, 7) is 2.84. The second-order valence-corrected chi connectivity index (χ2v) is 6.47. The fourth-order valence-electron chi connectivity index (χ4n) is 1.64. The topological polar surface area (TPSA) is 84.9 Å². The minimum absolute atomic E-state index is 0.0920. The molecule has 0 aliphatic rings. The van der Waals surface area contributed by atoms with Crippen molar-refractivity contribution in [1.82, 2.24) is 4.72 Å². The summed E-state index contributed by atoms with van der Waals surface area (Å²) in [7, 11) is -1.51. The molecule has 1 rings (SSSR count). The Hall–Kier alpha value is -1.38. The molecule has 120 valence electrons. The highest BCUT2D eigenvalue weighted by atomic mass is 32.2. The van der Waals surface area contributed by atoms with Crippen LogP contribution in [0.15, 0.2) is 17.0 Å². The molecule has 1 aromatic rings. The third kappa shape index (κ3) is 3.84. The predicted molar refractivity (Wildman–Crippen MR) is 75.6 cm³/mol.